The summed E-state index contributed by atoms with van der Waals surface area (Å²) in [5.74, 6) is 0. The molecule has 6 heteroatoms. The average molecular weight is 396 g/mol. The molecule has 2 amide bonds. The normalized spacial score (nSPS) is 17.4. The molecule has 0 radical (unpaired) electrons. The fourth-order valence-corrected chi connectivity index (χ4v) is 4.00. The number of carbonyl (C=O) groups is 2. The van der Waals surface area contributed by atoms with Gasteiger partial charge in [-0.3, -0.25) is 0 Å². The molecule has 2 aromatic carbocycles. The lowest BCUT2D eigenvalue weighted by Gasteiger charge is -2.30. The Balaban J connectivity index is 1.54. The Morgan fingerprint density at radius 3 is 1.76 bits per heavy atom. The van der Waals surface area contributed by atoms with E-state index >= 15 is 0 Å². The number of rotatable bonds is 3. The number of piperidine rings is 2. The molecule has 2 heterocycles. The molecule has 0 bridgehead atoms. The van der Waals surface area contributed by atoms with Gasteiger partial charge in [0.25, 0.3) is 6.29 Å². The van der Waals surface area contributed by atoms with Gasteiger partial charge in [-0.05, 0) is 55.4 Å². The Labute approximate surface area is 171 Å². The minimum atomic E-state index is -1.05. The average Bonchev–Trinajstić information content (AvgIpc) is 2.79. The smallest absolute Gasteiger partial charge is 0.404 e. The van der Waals surface area contributed by atoms with Crippen molar-refractivity contribution in [3.63, 3.8) is 0 Å². The van der Waals surface area contributed by atoms with Gasteiger partial charge >= 0.3 is 12.2 Å². The van der Waals surface area contributed by atoms with Crippen molar-refractivity contribution in [2.45, 2.75) is 44.8 Å². The van der Waals surface area contributed by atoms with Crippen LogP contribution in [-0.4, -0.2) is 48.2 Å². The first-order chi connectivity index (χ1) is 14.2. The Hall–Kier alpha value is -2.76. The fraction of sp³-hybridized carbons (Fsp3) is 0.478. The van der Waals surface area contributed by atoms with Gasteiger partial charge in [0.1, 0.15) is 0 Å². The maximum absolute atomic E-state index is 12.7. The number of carbonyl (C=O) groups excluding carboxylic acids is 2. The number of likely N-dealkylation sites (tertiary alicyclic amines) is 2. The van der Waals surface area contributed by atoms with E-state index < -0.39 is 18.5 Å². The number of ether oxygens (including phenoxy) is 2. The Bertz CT molecular complexity index is 825. The molecular formula is C23H28N2O4. The summed E-state index contributed by atoms with van der Waals surface area (Å²) in [6.07, 6.45) is 4.26. The molecule has 0 saturated carbocycles. The summed E-state index contributed by atoms with van der Waals surface area (Å²) in [6, 6.07) is 13.7. The van der Waals surface area contributed by atoms with Crippen LogP contribution in [0.2, 0.25) is 0 Å². The maximum Gasteiger partial charge on any atom is 0.413 e. The first-order valence-corrected chi connectivity index (χ1v) is 10.6. The highest BCUT2D eigenvalue weighted by molar-refractivity contribution is 5.83. The summed E-state index contributed by atoms with van der Waals surface area (Å²) in [5, 5.41) is 2.10. The standard InChI is InChI=1S/C23H28N2O4/c26-22(24-13-5-1-6-14-24)28-21(29-23(27)25-15-7-2-8-16-25)20-12-11-18-9-3-4-10-19(18)17-20/h3-4,9-12,17,21H,1-2,5-8,13-16H2. The van der Waals surface area contributed by atoms with Crippen molar-refractivity contribution >= 4 is 23.0 Å². The summed E-state index contributed by atoms with van der Waals surface area (Å²) in [4.78, 5) is 28.8. The van der Waals surface area contributed by atoms with E-state index in [1.807, 2.05) is 42.5 Å². The third kappa shape index (κ3) is 4.81. The number of hydrogen-bond donors (Lipinski definition) is 0. The molecule has 0 spiro atoms. The lowest BCUT2D eigenvalue weighted by atomic mass is 10.1. The lowest BCUT2D eigenvalue weighted by molar-refractivity contribution is -0.0856. The number of benzene rings is 2. The quantitative estimate of drug-likeness (QED) is 0.679. The molecule has 0 N–H and O–H groups in total. The van der Waals surface area contributed by atoms with Crippen LogP contribution in [0.5, 0.6) is 0 Å². The van der Waals surface area contributed by atoms with Crippen molar-refractivity contribution < 1.29 is 19.1 Å². The molecule has 2 fully saturated rings. The van der Waals surface area contributed by atoms with Crippen LogP contribution >= 0.6 is 0 Å². The zero-order valence-corrected chi connectivity index (χ0v) is 16.7. The van der Waals surface area contributed by atoms with Crippen molar-refractivity contribution in [3.05, 3.63) is 48.0 Å². The molecule has 29 heavy (non-hydrogen) atoms. The largest absolute Gasteiger partial charge is 0.413 e. The zero-order valence-electron chi connectivity index (χ0n) is 16.7. The Morgan fingerprint density at radius 2 is 1.21 bits per heavy atom. The van der Waals surface area contributed by atoms with Crippen molar-refractivity contribution in [1.29, 1.82) is 0 Å². The molecule has 6 nitrogen and oxygen atoms in total. The van der Waals surface area contributed by atoms with Gasteiger partial charge in [0, 0.05) is 31.7 Å². The molecular weight excluding hydrogens is 368 g/mol. The van der Waals surface area contributed by atoms with E-state index in [-0.39, 0.29) is 0 Å². The zero-order chi connectivity index (χ0) is 20.1. The van der Waals surface area contributed by atoms with Crippen LogP contribution in [0.1, 0.15) is 50.4 Å². The summed E-state index contributed by atoms with van der Waals surface area (Å²) < 4.78 is 11.4. The number of amides is 2. The van der Waals surface area contributed by atoms with Gasteiger partial charge in [-0.25, -0.2) is 9.59 Å². The van der Waals surface area contributed by atoms with Gasteiger partial charge in [0.2, 0.25) is 0 Å². The molecule has 0 atom stereocenters. The van der Waals surface area contributed by atoms with E-state index in [9.17, 15) is 9.59 Å². The van der Waals surface area contributed by atoms with Crippen molar-refractivity contribution in [2.24, 2.45) is 0 Å². The van der Waals surface area contributed by atoms with Crippen LogP contribution in [0.4, 0.5) is 9.59 Å². The van der Waals surface area contributed by atoms with Gasteiger partial charge < -0.3 is 19.3 Å². The van der Waals surface area contributed by atoms with Gasteiger partial charge in [0.15, 0.2) is 0 Å². The van der Waals surface area contributed by atoms with Crippen LogP contribution in [0, 0.1) is 0 Å². The van der Waals surface area contributed by atoms with E-state index in [1.165, 1.54) is 0 Å². The van der Waals surface area contributed by atoms with Crippen molar-refractivity contribution in [3.8, 4) is 0 Å². The third-order valence-corrected chi connectivity index (χ3v) is 5.69. The molecule has 0 aromatic heterocycles. The van der Waals surface area contributed by atoms with Crippen LogP contribution in [-0.2, 0) is 9.47 Å². The minimum absolute atomic E-state index is 0.422. The number of nitrogens with zero attached hydrogens (tertiary/aromatic N) is 2. The molecule has 0 aliphatic carbocycles. The van der Waals surface area contributed by atoms with Crippen molar-refractivity contribution in [1.82, 2.24) is 9.80 Å². The molecule has 0 unspecified atom stereocenters. The van der Waals surface area contributed by atoms with E-state index in [0.29, 0.717) is 31.7 Å². The first-order valence-electron chi connectivity index (χ1n) is 10.6. The highest BCUT2D eigenvalue weighted by atomic mass is 16.7. The summed E-state index contributed by atoms with van der Waals surface area (Å²) >= 11 is 0. The number of fused-ring (bicyclic) bond motifs is 1. The van der Waals surface area contributed by atoms with Gasteiger partial charge in [-0.15, -0.1) is 0 Å². The molecule has 2 aromatic rings. The molecule has 2 saturated heterocycles. The third-order valence-electron chi connectivity index (χ3n) is 5.69. The van der Waals surface area contributed by atoms with Gasteiger partial charge in [0.05, 0.1) is 0 Å². The molecule has 2 aliphatic rings. The second-order valence-corrected chi connectivity index (χ2v) is 7.80. The Kier molecular flexibility index (Phi) is 6.17. The van der Waals surface area contributed by atoms with E-state index in [0.717, 1.165) is 49.3 Å². The van der Waals surface area contributed by atoms with E-state index in [2.05, 4.69) is 0 Å². The predicted molar refractivity (Wildman–Crippen MR) is 110 cm³/mol. The van der Waals surface area contributed by atoms with E-state index in [1.54, 1.807) is 9.80 Å². The molecule has 2 aliphatic heterocycles. The summed E-state index contributed by atoms with van der Waals surface area (Å²) in [6.45, 7) is 2.74. The summed E-state index contributed by atoms with van der Waals surface area (Å²) in [5.41, 5.74) is 0.666. The maximum atomic E-state index is 12.7. The van der Waals surface area contributed by atoms with Crippen LogP contribution in [0.25, 0.3) is 10.8 Å². The predicted octanol–water partition coefficient (Wildman–Crippen LogP) is 5.08. The highest BCUT2D eigenvalue weighted by Gasteiger charge is 2.28. The van der Waals surface area contributed by atoms with E-state index in [4.69, 9.17) is 9.47 Å². The van der Waals surface area contributed by atoms with Crippen LogP contribution in [0.15, 0.2) is 42.5 Å². The van der Waals surface area contributed by atoms with Crippen LogP contribution in [0.3, 0.4) is 0 Å². The Morgan fingerprint density at radius 1 is 0.690 bits per heavy atom. The minimum Gasteiger partial charge on any atom is -0.404 e. The van der Waals surface area contributed by atoms with Crippen LogP contribution < -0.4 is 0 Å². The van der Waals surface area contributed by atoms with Gasteiger partial charge in [-0.2, -0.15) is 0 Å². The first kappa shape index (κ1) is 19.6. The monoisotopic (exact) mass is 396 g/mol. The second kappa shape index (κ2) is 9.16. The fourth-order valence-electron chi connectivity index (χ4n) is 4.00. The number of hydrogen-bond acceptors (Lipinski definition) is 4. The highest BCUT2D eigenvalue weighted by Crippen LogP contribution is 2.26. The second-order valence-electron chi connectivity index (χ2n) is 7.80. The molecule has 154 valence electrons. The SMILES string of the molecule is O=C(OC(OC(=O)N1CCCCC1)c1ccc2ccccc2c1)N1CCCCC1. The summed E-state index contributed by atoms with van der Waals surface area (Å²) in [7, 11) is 0. The topological polar surface area (TPSA) is 59.1 Å². The van der Waals surface area contributed by atoms with Crippen molar-refractivity contribution in [2.75, 3.05) is 26.2 Å². The molecule has 4 rings (SSSR count). The lowest BCUT2D eigenvalue weighted by Crippen LogP contribution is -2.39. The van der Waals surface area contributed by atoms with Gasteiger partial charge in [-0.1, -0.05) is 36.4 Å².